The minimum absolute atomic E-state index is 0.262. The lowest BCUT2D eigenvalue weighted by Crippen LogP contribution is -2.51. The number of carbonyl (C=O) groups excluding carboxylic acids is 1. The summed E-state index contributed by atoms with van der Waals surface area (Å²) in [4.78, 5) is 16.6. The molecule has 1 amide bonds. The van der Waals surface area contributed by atoms with Gasteiger partial charge in [-0.25, -0.2) is 0 Å². The fourth-order valence-corrected chi connectivity index (χ4v) is 2.07. The van der Waals surface area contributed by atoms with Gasteiger partial charge in [-0.15, -0.1) is 0 Å². The summed E-state index contributed by atoms with van der Waals surface area (Å²) in [6.45, 7) is 0.779. The highest BCUT2D eigenvalue weighted by atomic mass is 35.5. The number of benzene rings is 1. The molecule has 0 radical (unpaired) electrons. The molecule has 1 heterocycles. The van der Waals surface area contributed by atoms with Gasteiger partial charge in [0.1, 0.15) is 0 Å². The highest BCUT2D eigenvalue weighted by Crippen LogP contribution is 2.24. The van der Waals surface area contributed by atoms with Crippen molar-refractivity contribution < 1.29 is 15.0 Å². The number of pyridine rings is 1. The Labute approximate surface area is 133 Å². The first-order valence-corrected chi connectivity index (χ1v) is 7.12. The second-order valence-electron chi connectivity index (χ2n) is 5.24. The number of nitrogens with one attached hydrogen (secondary N) is 1. The summed E-state index contributed by atoms with van der Waals surface area (Å²) in [6, 6.07) is 10.5. The van der Waals surface area contributed by atoms with E-state index in [2.05, 4.69) is 10.3 Å². The van der Waals surface area contributed by atoms with Crippen LogP contribution < -0.4 is 5.32 Å². The summed E-state index contributed by atoms with van der Waals surface area (Å²) in [5.41, 5.74) is 0.629. The van der Waals surface area contributed by atoms with Gasteiger partial charge in [0.25, 0.3) is 5.91 Å². The normalized spacial score (nSPS) is 11.3. The van der Waals surface area contributed by atoms with Crippen LogP contribution in [0.25, 0.3) is 11.3 Å². The van der Waals surface area contributed by atoms with E-state index >= 15 is 0 Å². The van der Waals surface area contributed by atoms with Crippen LogP contribution >= 0.6 is 11.6 Å². The molecule has 1 aromatic heterocycles. The zero-order valence-electron chi connectivity index (χ0n) is 12.1. The molecule has 6 heteroatoms. The Morgan fingerprint density at radius 2 is 2.00 bits per heavy atom. The Bertz CT molecular complexity index is 658. The van der Waals surface area contributed by atoms with E-state index in [-0.39, 0.29) is 23.8 Å². The number of carbonyl (C=O) groups is 1. The van der Waals surface area contributed by atoms with Crippen LogP contribution in [0.4, 0.5) is 0 Å². The molecule has 0 saturated heterocycles. The number of aromatic nitrogens is 1. The fraction of sp³-hybridized carbons (Fsp3) is 0.250. The van der Waals surface area contributed by atoms with Crippen molar-refractivity contribution in [3.8, 4) is 11.3 Å². The third-order valence-corrected chi connectivity index (χ3v) is 3.61. The van der Waals surface area contributed by atoms with Gasteiger partial charge in [0.05, 0.1) is 35.0 Å². The van der Waals surface area contributed by atoms with Crippen molar-refractivity contribution in [2.45, 2.75) is 12.5 Å². The maximum Gasteiger partial charge on any atom is 0.253 e. The Morgan fingerprint density at radius 1 is 1.27 bits per heavy atom. The lowest BCUT2D eigenvalue weighted by Gasteiger charge is -2.26. The lowest BCUT2D eigenvalue weighted by molar-refractivity contribution is 0.0724. The second-order valence-corrected chi connectivity index (χ2v) is 5.65. The van der Waals surface area contributed by atoms with Crippen LogP contribution in [-0.4, -0.2) is 39.9 Å². The van der Waals surface area contributed by atoms with Crippen molar-refractivity contribution in [3.63, 3.8) is 0 Å². The molecule has 3 N–H and O–H groups in total. The van der Waals surface area contributed by atoms with Crippen LogP contribution in [0.2, 0.25) is 5.02 Å². The first kappa shape index (κ1) is 16.4. The fourth-order valence-electron chi connectivity index (χ4n) is 1.86. The van der Waals surface area contributed by atoms with Crippen LogP contribution in [0.5, 0.6) is 0 Å². The van der Waals surface area contributed by atoms with Gasteiger partial charge in [-0.3, -0.25) is 9.78 Å². The highest BCUT2D eigenvalue weighted by molar-refractivity contribution is 6.34. The van der Waals surface area contributed by atoms with Crippen LogP contribution in [0.1, 0.15) is 17.3 Å². The molecule has 0 spiro atoms. The number of aliphatic hydroxyl groups excluding tert-OH is 2. The van der Waals surface area contributed by atoms with Crippen LogP contribution in [0.3, 0.4) is 0 Å². The molecule has 5 nitrogen and oxygen atoms in total. The molecule has 0 aliphatic heterocycles. The summed E-state index contributed by atoms with van der Waals surface area (Å²) in [5, 5.41) is 21.4. The summed E-state index contributed by atoms with van der Waals surface area (Å²) >= 11 is 6.09. The van der Waals surface area contributed by atoms with E-state index < -0.39 is 11.4 Å². The molecular weight excluding hydrogens is 304 g/mol. The van der Waals surface area contributed by atoms with E-state index in [1.165, 1.54) is 0 Å². The van der Waals surface area contributed by atoms with E-state index in [4.69, 9.17) is 11.6 Å². The molecule has 0 aliphatic rings. The van der Waals surface area contributed by atoms with Gasteiger partial charge in [0.2, 0.25) is 0 Å². The number of aliphatic hydroxyl groups is 2. The average molecular weight is 321 g/mol. The molecule has 0 saturated carbocycles. The standard InChI is InChI=1S/C16H17ClN2O3/c1-16(9-20,10-21)19-15(22)12-8-11(5-6-13(12)17)14-4-2-3-7-18-14/h2-8,20-21H,9-10H2,1H3,(H,19,22). The van der Waals surface area contributed by atoms with Gasteiger partial charge >= 0.3 is 0 Å². The van der Waals surface area contributed by atoms with Crippen molar-refractivity contribution in [1.82, 2.24) is 10.3 Å². The van der Waals surface area contributed by atoms with Gasteiger partial charge in [0, 0.05) is 11.8 Å². The minimum atomic E-state index is -1.11. The minimum Gasteiger partial charge on any atom is -0.394 e. The van der Waals surface area contributed by atoms with Gasteiger partial charge in [-0.05, 0) is 31.2 Å². The summed E-state index contributed by atoms with van der Waals surface area (Å²) < 4.78 is 0. The number of hydrogen-bond donors (Lipinski definition) is 3. The van der Waals surface area contributed by atoms with Gasteiger partial charge in [0.15, 0.2) is 0 Å². The maximum absolute atomic E-state index is 12.3. The van der Waals surface area contributed by atoms with E-state index in [1.807, 2.05) is 12.1 Å². The van der Waals surface area contributed by atoms with Gasteiger partial charge < -0.3 is 15.5 Å². The van der Waals surface area contributed by atoms with Gasteiger partial charge in [-0.1, -0.05) is 23.7 Å². The Balaban J connectivity index is 2.33. The third-order valence-electron chi connectivity index (χ3n) is 3.28. The molecule has 0 unspecified atom stereocenters. The SMILES string of the molecule is CC(CO)(CO)NC(=O)c1cc(-c2ccccn2)ccc1Cl. The number of nitrogens with zero attached hydrogens (tertiary/aromatic N) is 1. The Morgan fingerprint density at radius 3 is 2.59 bits per heavy atom. The zero-order valence-corrected chi connectivity index (χ0v) is 12.8. The second kappa shape index (κ2) is 6.87. The van der Waals surface area contributed by atoms with Crippen LogP contribution in [-0.2, 0) is 0 Å². The lowest BCUT2D eigenvalue weighted by atomic mass is 10.0. The molecule has 2 aromatic rings. The molecule has 116 valence electrons. The first-order valence-electron chi connectivity index (χ1n) is 6.74. The van der Waals surface area contributed by atoms with Crippen LogP contribution in [0.15, 0.2) is 42.6 Å². The van der Waals surface area contributed by atoms with E-state index in [0.717, 1.165) is 11.3 Å². The third kappa shape index (κ3) is 3.62. The molecule has 2 rings (SSSR count). The quantitative estimate of drug-likeness (QED) is 0.785. The van der Waals surface area contributed by atoms with Crippen LogP contribution in [0, 0.1) is 0 Å². The first-order chi connectivity index (χ1) is 10.5. The van der Waals surface area contributed by atoms with E-state index in [0.29, 0.717) is 0 Å². The predicted molar refractivity (Wildman–Crippen MR) is 84.7 cm³/mol. The van der Waals surface area contributed by atoms with Crippen molar-refractivity contribution in [2.24, 2.45) is 0 Å². The molecule has 0 fully saturated rings. The zero-order chi connectivity index (χ0) is 16.2. The largest absolute Gasteiger partial charge is 0.394 e. The van der Waals surface area contributed by atoms with E-state index in [9.17, 15) is 15.0 Å². The highest BCUT2D eigenvalue weighted by Gasteiger charge is 2.26. The smallest absolute Gasteiger partial charge is 0.253 e. The molecule has 0 atom stereocenters. The number of amides is 1. The summed E-state index contributed by atoms with van der Waals surface area (Å²) in [6.07, 6.45) is 1.66. The molecular formula is C16H17ClN2O3. The number of halogens is 1. The average Bonchev–Trinajstić information content (AvgIpc) is 2.55. The monoisotopic (exact) mass is 320 g/mol. The number of hydrogen-bond acceptors (Lipinski definition) is 4. The maximum atomic E-state index is 12.3. The van der Waals surface area contributed by atoms with Crippen molar-refractivity contribution >= 4 is 17.5 Å². The van der Waals surface area contributed by atoms with Crippen molar-refractivity contribution in [2.75, 3.05) is 13.2 Å². The van der Waals surface area contributed by atoms with E-state index in [1.54, 1.807) is 37.4 Å². The predicted octanol–water partition coefficient (Wildman–Crippen LogP) is 1.88. The van der Waals surface area contributed by atoms with Crippen molar-refractivity contribution in [3.05, 3.63) is 53.2 Å². The molecule has 0 aliphatic carbocycles. The number of rotatable bonds is 5. The summed E-state index contributed by atoms with van der Waals surface area (Å²) in [5.74, 6) is -0.464. The topological polar surface area (TPSA) is 82.5 Å². The molecule has 0 bridgehead atoms. The Hall–Kier alpha value is -1.95. The molecule has 1 aromatic carbocycles. The summed E-state index contributed by atoms with van der Waals surface area (Å²) in [7, 11) is 0. The molecule has 22 heavy (non-hydrogen) atoms. The Kier molecular flexibility index (Phi) is 5.13. The van der Waals surface area contributed by atoms with Gasteiger partial charge in [-0.2, -0.15) is 0 Å². The van der Waals surface area contributed by atoms with Crippen molar-refractivity contribution in [1.29, 1.82) is 0 Å².